The molecule has 0 aliphatic carbocycles. The summed E-state index contributed by atoms with van der Waals surface area (Å²) in [5, 5.41) is 11.5. The Kier molecular flexibility index (Phi) is 13.3. The summed E-state index contributed by atoms with van der Waals surface area (Å²) in [7, 11) is 0. The first-order valence-electron chi connectivity index (χ1n) is 17.7. The number of fused-ring (bicyclic) bond motifs is 1. The van der Waals surface area contributed by atoms with Crippen molar-refractivity contribution in [3.63, 3.8) is 0 Å². The van der Waals surface area contributed by atoms with Crippen LogP contribution >= 0.6 is 11.8 Å². The molecule has 7 N–H and O–H groups in total. The van der Waals surface area contributed by atoms with Crippen molar-refractivity contribution in [3.05, 3.63) is 88.5 Å². The number of hydrogen-bond donors (Lipinski definition) is 5. The number of benzene rings is 2. The quantitative estimate of drug-likeness (QED) is 0.0271. The van der Waals surface area contributed by atoms with E-state index < -0.39 is 24.1 Å². The highest BCUT2D eigenvalue weighted by Crippen LogP contribution is 2.40. The molecular weight excluding hydrogens is 693 g/mol. The van der Waals surface area contributed by atoms with Gasteiger partial charge in [-0.05, 0) is 111 Å². The summed E-state index contributed by atoms with van der Waals surface area (Å²) in [5.74, 6) is 0.294. The SMILES string of the molecule is C=C[C@H](N)CCCc1cc(-c2cc3cn(-c4ccc([C@@H]5CCC[C@@H](CCNC(=N)CN)N5CCCF)c(SC)c4)c(=O)nc3[nH]2)cc(C(F)(F)F)c1. The van der Waals surface area contributed by atoms with Crippen LogP contribution in [0.15, 0.2) is 71.0 Å². The molecule has 1 saturated heterocycles. The van der Waals surface area contributed by atoms with E-state index in [-0.39, 0.29) is 30.3 Å². The molecule has 1 fully saturated rings. The highest BCUT2D eigenvalue weighted by molar-refractivity contribution is 7.98. The maximum absolute atomic E-state index is 13.9. The number of nitrogens with two attached hydrogens (primary N) is 2. The number of aromatic nitrogens is 3. The smallest absolute Gasteiger partial charge is 0.373 e. The first kappa shape index (κ1) is 39.2. The number of amidine groups is 1. The summed E-state index contributed by atoms with van der Waals surface area (Å²) < 4.78 is 56.7. The second kappa shape index (κ2) is 17.7. The molecule has 3 heterocycles. The van der Waals surface area contributed by atoms with Gasteiger partial charge in [0.15, 0.2) is 0 Å². The Morgan fingerprint density at radius 2 is 2.02 bits per heavy atom. The van der Waals surface area contributed by atoms with E-state index in [9.17, 15) is 22.4 Å². The second-order valence-corrected chi connectivity index (χ2v) is 14.1. The first-order valence-corrected chi connectivity index (χ1v) is 18.9. The summed E-state index contributed by atoms with van der Waals surface area (Å²) in [6.07, 6.45) is 6.51. The average Bonchev–Trinajstić information content (AvgIpc) is 3.55. The average molecular weight is 741 g/mol. The number of piperidine rings is 1. The molecule has 14 heteroatoms. The second-order valence-electron chi connectivity index (χ2n) is 13.3. The third kappa shape index (κ3) is 9.51. The van der Waals surface area contributed by atoms with Crippen LogP contribution in [-0.4, -0.2) is 69.9 Å². The van der Waals surface area contributed by atoms with Gasteiger partial charge < -0.3 is 21.8 Å². The van der Waals surface area contributed by atoms with E-state index in [0.29, 0.717) is 72.5 Å². The predicted molar refractivity (Wildman–Crippen MR) is 202 cm³/mol. The molecule has 52 heavy (non-hydrogen) atoms. The topological polar surface area (TPSA) is 142 Å². The number of nitrogens with one attached hydrogen (secondary N) is 3. The van der Waals surface area contributed by atoms with Crippen molar-refractivity contribution in [1.82, 2.24) is 24.8 Å². The largest absolute Gasteiger partial charge is 0.416 e. The van der Waals surface area contributed by atoms with Crippen LogP contribution in [0.25, 0.3) is 28.0 Å². The van der Waals surface area contributed by atoms with Crippen molar-refractivity contribution >= 4 is 28.6 Å². The number of rotatable bonds is 16. The zero-order valence-electron chi connectivity index (χ0n) is 29.4. The molecule has 0 saturated carbocycles. The molecule has 0 radical (unpaired) electrons. The van der Waals surface area contributed by atoms with Crippen LogP contribution in [0.4, 0.5) is 17.6 Å². The van der Waals surface area contributed by atoms with Crippen LogP contribution < -0.4 is 22.5 Å². The van der Waals surface area contributed by atoms with Gasteiger partial charge in [-0.15, -0.1) is 18.3 Å². The summed E-state index contributed by atoms with van der Waals surface area (Å²) >= 11 is 1.57. The third-order valence-corrected chi connectivity index (χ3v) is 10.5. The Morgan fingerprint density at radius 1 is 1.21 bits per heavy atom. The number of nitrogens with zero attached hydrogens (tertiary/aromatic N) is 3. The molecule has 0 unspecified atom stereocenters. The molecule has 0 spiro atoms. The fraction of sp³-hybridized carbons (Fsp3) is 0.447. The van der Waals surface area contributed by atoms with E-state index >= 15 is 0 Å². The van der Waals surface area contributed by atoms with E-state index in [2.05, 4.69) is 26.8 Å². The van der Waals surface area contributed by atoms with Crippen molar-refractivity contribution in [1.29, 1.82) is 5.41 Å². The molecular formula is C38H48F4N8OS. The van der Waals surface area contributed by atoms with Crippen LogP contribution in [0.2, 0.25) is 0 Å². The fourth-order valence-electron chi connectivity index (χ4n) is 7.09. The molecule has 1 aliphatic rings. The highest BCUT2D eigenvalue weighted by Gasteiger charge is 2.33. The zero-order chi connectivity index (χ0) is 37.4. The van der Waals surface area contributed by atoms with E-state index in [1.807, 2.05) is 24.5 Å². The molecule has 4 aromatic rings. The fourth-order valence-corrected chi connectivity index (χ4v) is 7.77. The number of hydrogen-bond acceptors (Lipinski definition) is 7. The van der Waals surface area contributed by atoms with Gasteiger partial charge in [0.1, 0.15) is 11.5 Å². The summed E-state index contributed by atoms with van der Waals surface area (Å²) in [6.45, 7) is 4.65. The van der Waals surface area contributed by atoms with Crippen molar-refractivity contribution in [2.75, 3.05) is 32.6 Å². The van der Waals surface area contributed by atoms with Gasteiger partial charge in [-0.2, -0.15) is 18.2 Å². The molecule has 0 bridgehead atoms. The van der Waals surface area contributed by atoms with E-state index in [1.165, 1.54) is 10.6 Å². The van der Waals surface area contributed by atoms with Gasteiger partial charge in [0.05, 0.1) is 24.5 Å². The Labute approximate surface area is 305 Å². The number of aryl methyl sites for hydroxylation is 1. The van der Waals surface area contributed by atoms with Crippen LogP contribution in [-0.2, 0) is 12.6 Å². The summed E-state index contributed by atoms with van der Waals surface area (Å²) in [5.41, 5.74) is 13.5. The van der Waals surface area contributed by atoms with Gasteiger partial charge in [-0.25, -0.2) is 4.79 Å². The predicted octanol–water partition coefficient (Wildman–Crippen LogP) is 7.13. The third-order valence-electron chi connectivity index (χ3n) is 9.75. The normalized spacial score (nSPS) is 17.4. The summed E-state index contributed by atoms with van der Waals surface area (Å²) in [6, 6.07) is 11.7. The zero-order valence-corrected chi connectivity index (χ0v) is 30.3. The van der Waals surface area contributed by atoms with E-state index in [1.54, 1.807) is 36.2 Å². The Balaban J connectivity index is 1.44. The number of aromatic amines is 1. The minimum Gasteiger partial charge on any atom is -0.373 e. The van der Waals surface area contributed by atoms with Gasteiger partial charge in [0.2, 0.25) is 0 Å². The van der Waals surface area contributed by atoms with E-state index in [0.717, 1.165) is 42.2 Å². The maximum atomic E-state index is 13.9. The molecule has 5 rings (SSSR count). The van der Waals surface area contributed by atoms with Crippen molar-refractivity contribution in [2.45, 2.75) is 80.6 Å². The van der Waals surface area contributed by atoms with Crippen LogP contribution in [0.3, 0.4) is 0 Å². The lowest BCUT2D eigenvalue weighted by Crippen LogP contribution is -2.44. The first-order chi connectivity index (χ1) is 24.9. The molecule has 0 amide bonds. The number of thioether (sulfide) groups is 1. The van der Waals surface area contributed by atoms with E-state index in [4.69, 9.17) is 16.9 Å². The van der Waals surface area contributed by atoms with Gasteiger partial charge in [-0.3, -0.25) is 19.3 Å². The minimum absolute atomic E-state index is 0.0661. The monoisotopic (exact) mass is 740 g/mol. The Morgan fingerprint density at radius 3 is 2.73 bits per heavy atom. The maximum Gasteiger partial charge on any atom is 0.416 e. The van der Waals surface area contributed by atoms with Gasteiger partial charge in [0, 0.05) is 53.4 Å². The molecule has 2 aromatic heterocycles. The molecule has 2 aromatic carbocycles. The minimum atomic E-state index is -4.53. The number of likely N-dealkylation sites (tertiary alicyclic amines) is 1. The molecule has 9 nitrogen and oxygen atoms in total. The standard InChI is InChI=1S/C38H48F4N8OS/c1-3-28(44)8-4-7-24-17-25(19-27(18-24)38(40,41)42)32-20-26-23-50(37(51)48-36(26)47-32)30-11-12-31(34(21-30)52-2)33-10-5-9-29(49(33)16-6-14-39)13-15-46-35(45)22-43/h3,11-12,17-21,23,28-29,33H,1,4-10,13-16,22,43-44H2,2H3,(H2,45,46)(H,47,48,51)/t28-,29-,33-/m0/s1. The molecule has 1 aliphatic heterocycles. The van der Waals surface area contributed by atoms with Gasteiger partial charge >= 0.3 is 11.9 Å². The Hall–Kier alpha value is -3.98. The van der Waals surface area contributed by atoms with Crippen LogP contribution in [0, 0.1) is 5.41 Å². The lowest BCUT2D eigenvalue weighted by molar-refractivity contribution is -0.137. The lowest BCUT2D eigenvalue weighted by Gasteiger charge is -2.43. The number of H-pyrrole nitrogens is 1. The highest BCUT2D eigenvalue weighted by atomic mass is 32.2. The number of alkyl halides is 4. The van der Waals surface area contributed by atoms with Crippen LogP contribution in [0.1, 0.15) is 67.7 Å². The van der Waals surface area contributed by atoms with Crippen molar-refractivity contribution in [3.8, 4) is 16.9 Å². The number of halogens is 4. The van der Waals surface area contributed by atoms with Crippen molar-refractivity contribution < 1.29 is 17.6 Å². The van der Waals surface area contributed by atoms with Crippen LogP contribution in [0.5, 0.6) is 0 Å². The molecule has 280 valence electrons. The summed E-state index contributed by atoms with van der Waals surface area (Å²) in [4.78, 5) is 24.1. The molecule has 3 atom stereocenters. The Bertz CT molecular complexity index is 1910. The van der Waals surface area contributed by atoms with Gasteiger partial charge in [-0.1, -0.05) is 12.1 Å². The lowest BCUT2D eigenvalue weighted by atomic mass is 9.89. The van der Waals surface area contributed by atoms with Gasteiger partial charge in [0.25, 0.3) is 0 Å². The van der Waals surface area contributed by atoms with Crippen molar-refractivity contribution in [2.24, 2.45) is 11.5 Å².